The monoisotopic (exact) mass is 476 g/mol. The van der Waals surface area contributed by atoms with Crippen LogP contribution in [0.3, 0.4) is 0 Å². The topological polar surface area (TPSA) is 150 Å². The Morgan fingerprint density at radius 3 is 2.03 bits per heavy atom. The molecule has 0 aliphatic rings. The van der Waals surface area contributed by atoms with E-state index in [1.165, 1.54) is 19.2 Å². The molecule has 0 saturated carbocycles. The maximum Gasteiger partial charge on any atom is 0.407 e. The third-order valence-corrected chi connectivity index (χ3v) is 3.43. The Kier molecular flexibility index (Phi) is 18.6. The number of ether oxygens (including phenoxy) is 4. The van der Waals surface area contributed by atoms with Crippen LogP contribution in [-0.2, 0) is 9.47 Å². The van der Waals surface area contributed by atoms with E-state index in [-0.39, 0.29) is 49.0 Å². The number of hydrogen-bond donors (Lipinski definition) is 3. The standard InChI is InChI=1S/C18H28N2O7.2C2H6O/c1-11(2)19-18(21)27-13(5)14-9-16(24-6)17(10-15(14)20(22)23)26-8-7-25-12(3)4;2*1-2-3/h9-13H,7-8H2,1-6H3,(H,19,21);2*3H,2H2,1H3. The first-order valence-corrected chi connectivity index (χ1v) is 10.8. The van der Waals surface area contributed by atoms with E-state index in [2.05, 4.69) is 5.32 Å². The van der Waals surface area contributed by atoms with E-state index in [0.717, 1.165) is 0 Å². The molecule has 0 fully saturated rings. The first-order valence-electron chi connectivity index (χ1n) is 10.8. The van der Waals surface area contributed by atoms with Crippen molar-refractivity contribution in [3.8, 4) is 11.5 Å². The second-order valence-electron chi connectivity index (χ2n) is 7.07. The lowest BCUT2D eigenvalue weighted by Gasteiger charge is -2.18. The number of carbonyl (C=O) groups is 1. The number of nitrogens with one attached hydrogen (secondary N) is 1. The number of hydrogen-bond acceptors (Lipinski definition) is 9. The molecule has 0 aliphatic heterocycles. The van der Waals surface area contributed by atoms with Crippen molar-refractivity contribution in [3.05, 3.63) is 27.8 Å². The van der Waals surface area contributed by atoms with Gasteiger partial charge in [0.05, 0.1) is 36.4 Å². The average molecular weight is 477 g/mol. The van der Waals surface area contributed by atoms with Gasteiger partial charge in [-0.1, -0.05) is 0 Å². The molecule has 1 atom stereocenters. The van der Waals surface area contributed by atoms with E-state index >= 15 is 0 Å². The quantitative estimate of drug-likeness (QED) is 0.261. The fraction of sp³-hybridized carbons (Fsp3) is 0.682. The number of nitro groups is 1. The Balaban J connectivity index is 0. The first-order chi connectivity index (χ1) is 15.5. The van der Waals surface area contributed by atoms with Crippen LogP contribution in [0.1, 0.15) is 60.1 Å². The third kappa shape index (κ3) is 14.9. The van der Waals surface area contributed by atoms with Gasteiger partial charge in [0.1, 0.15) is 12.7 Å². The fourth-order valence-corrected chi connectivity index (χ4v) is 2.25. The molecule has 11 heteroatoms. The number of aliphatic hydroxyl groups excluding tert-OH is 2. The highest BCUT2D eigenvalue weighted by Crippen LogP contribution is 2.38. The molecule has 0 aliphatic carbocycles. The van der Waals surface area contributed by atoms with Crippen LogP contribution in [0.15, 0.2) is 12.1 Å². The SMILES string of the molecule is CCO.CCO.COc1cc(C(C)OC(=O)NC(C)C)c([N+](=O)[O-])cc1OCCOC(C)C. The highest BCUT2D eigenvalue weighted by atomic mass is 16.6. The van der Waals surface area contributed by atoms with Gasteiger partial charge in [-0.3, -0.25) is 10.1 Å². The van der Waals surface area contributed by atoms with Crippen molar-refractivity contribution < 1.29 is 38.9 Å². The summed E-state index contributed by atoms with van der Waals surface area (Å²) in [5.41, 5.74) is -0.0121. The van der Waals surface area contributed by atoms with Crippen LogP contribution in [0.5, 0.6) is 11.5 Å². The summed E-state index contributed by atoms with van der Waals surface area (Å²) in [5.74, 6) is 0.527. The molecule has 33 heavy (non-hydrogen) atoms. The molecule has 0 spiro atoms. The summed E-state index contributed by atoms with van der Waals surface area (Å²) in [6.07, 6.45) is -1.45. The molecule has 0 bridgehead atoms. The van der Waals surface area contributed by atoms with Crippen LogP contribution in [0.2, 0.25) is 0 Å². The molecule has 3 N–H and O–H groups in total. The number of nitrogens with zero attached hydrogens (tertiary/aromatic N) is 1. The molecule has 192 valence electrons. The van der Waals surface area contributed by atoms with Crippen molar-refractivity contribution in [1.82, 2.24) is 5.32 Å². The Labute approximate surface area is 196 Å². The summed E-state index contributed by atoms with van der Waals surface area (Å²) in [6.45, 7) is 13.3. The maximum absolute atomic E-state index is 11.8. The Bertz CT molecular complexity index is 680. The van der Waals surface area contributed by atoms with Crippen molar-refractivity contribution in [2.24, 2.45) is 0 Å². The van der Waals surface area contributed by atoms with E-state index in [0.29, 0.717) is 12.4 Å². The lowest BCUT2D eigenvalue weighted by molar-refractivity contribution is -0.386. The molecule has 1 aromatic carbocycles. The minimum Gasteiger partial charge on any atom is -0.493 e. The van der Waals surface area contributed by atoms with E-state index < -0.39 is 17.1 Å². The van der Waals surface area contributed by atoms with Crippen LogP contribution in [0, 0.1) is 10.1 Å². The van der Waals surface area contributed by atoms with Gasteiger partial charge in [0, 0.05) is 19.3 Å². The summed E-state index contributed by atoms with van der Waals surface area (Å²) in [7, 11) is 1.43. The Morgan fingerprint density at radius 1 is 1.06 bits per heavy atom. The molecule has 0 aromatic heterocycles. The molecule has 0 saturated heterocycles. The van der Waals surface area contributed by atoms with Crippen molar-refractivity contribution in [2.75, 3.05) is 33.5 Å². The van der Waals surface area contributed by atoms with Gasteiger partial charge in [-0.05, 0) is 54.5 Å². The summed E-state index contributed by atoms with van der Waals surface area (Å²) in [4.78, 5) is 22.7. The Morgan fingerprint density at radius 2 is 1.61 bits per heavy atom. The second kappa shape index (κ2) is 18.9. The van der Waals surface area contributed by atoms with Crippen LogP contribution < -0.4 is 14.8 Å². The number of nitro benzene ring substituents is 1. The number of alkyl carbamates (subject to hydrolysis) is 1. The molecule has 0 heterocycles. The van der Waals surface area contributed by atoms with Crippen LogP contribution in [0.25, 0.3) is 0 Å². The molecule has 11 nitrogen and oxygen atoms in total. The zero-order valence-electron chi connectivity index (χ0n) is 20.9. The zero-order chi connectivity index (χ0) is 26.0. The molecule has 0 radical (unpaired) electrons. The normalized spacial score (nSPS) is 10.9. The highest BCUT2D eigenvalue weighted by Gasteiger charge is 2.26. The number of methoxy groups -OCH3 is 1. The van der Waals surface area contributed by atoms with Crippen molar-refractivity contribution in [2.45, 2.75) is 66.7 Å². The van der Waals surface area contributed by atoms with Gasteiger partial charge < -0.3 is 34.5 Å². The average Bonchev–Trinajstić information content (AvgIpc) is 2.70. The number of rotatable bonds is 10. The van der Waals surface area contributed by atoms with E-state index in [1.54, 1.807) is 34.6 Å². The molecule has 1 amide bonds. The predicted octanol–water partition coefficient (Wildman–Crippen LogP) is 3.60. The van der Waals surface area contributed by atoms with Gasteiger partial charge >= 0.3 is 6.09 Å². The van der Waals surface area contributed by atoms with Crippen LogP contribution in [0.4, 0.5) is 10.5 Å². The maximum atomic E-state index is 11.8. The largest absolute Gasteiger partial charge is 0.493 e. The minimum atomic E-state index is -0.851. The van der Waals surface area contributed by atoms with E-state index in [9.17, 15) is 14.9 Å². The van der Waals surface area contributed by atoms with Crippen LogP contribution >= 0.6 is 0 Å². The van der Waals surface area contributed by atoms with Crippen LogP contribution in [-0.4, -0.2) is 66.9 Å². The number of carbonyl (C=O) groups excluding carboxylic acids is 1. The van der Waals surface area contributed by atoms with Gasteiger partial charge in [-0.25, -0.2) is 4.79 Å². The Hall–Kier alpha value is -2.63. The van der Waals surface area contributed by atoms with Crippen molar-refractivity contribution in [1.29, 1.82) is 0 Å². The summed E-state index contributed by atoms with van der Waals surface area (Å²) in [5, 5.41) is 29.2. The zero-order valence-corrected chi connectivity index (χ0v) is 20.9. The molecular weight excluding hydrogens is 436 g/mol. The summed E-state index contributed by atoms with van der Waals surface area (Å²) >= 11 is 0. The van der Waals surface area contributed by atoms with Crippen molar-refractivity contribution >= 4 is 11.8 Å². The lowest BCUT2D eigenvalue weighted by Crippen LogP contribution is -2.31. The molecule has 1 aromatic rings. The fourth-order valence-electron chi connectivity index (χ4n) is 2.25. The lowest BCUT2D eigenvalue weighted by atomic mass is 10.1. The summed E-state index contributed by atoms with van der Waals surface area (Å²) < 4.78 is 21.5. The van der Waals surface area contributed by atoms with Gasteiger partial charge in [-0.2, -0.15) is 0 Å². The van der Waals surface area contributed by atoms with Gasteiger partial charge in [-0.15, -0.1) is 0 Å². The van der Waals surface area contributed by atoms with Crippen molar-refractivity contribution in [3.63, 3.8) is 0 Å². The van der Waals surface area contributed by atoms with Gasteiger partial charge in [0.25, 0.3) is 5.69 Å². The third-order valence-electron chi connectivity index (χ3n) is 3.43. The number of aliphatic hydroxyl groups is 2. The smallest absolute Gasteiger partial charge is 0.407 e. The van der Waals surface area contributed by atoms with E-state index in [1.807, 2.05) is 13.8 Å². The molecule has 1 unspecified atom stereocenters. The van der Waals surface area contributed by atoms with E-state index in [4.69, 9.17) is 29.2 Å². The highest BCUT2D eigenvalue weighted by molar-refractivity contribution is 5.68. The van der Waals surface area contributed by atoms with Gasteiger partial charge in [0.2, 0.25) is 0 Å². The predicted molar refractivity (Wildman–Crippen MR) is 125 cm³/mol. The number of benzene rings is 1. The minimum absolute atomic E-state index is 0.0576. The molecule has 1 rings (SSSR count). The number of amides is 1. The second-order valence-corrected chi connectivity index (χ2v) is 7.07. The summed E-state index contributed by atoms with van der Waals surface area (Å²) in [6, 6.07) is 2.60. The first kappa shape index (κ1) is 32.5. The molecular formula is C22H40N2O9. The van der Waals surface area contributed by atoms with Gasteiger partial charge in [0.15, 0.2) is 11.5 Å².